The summed E-state index contributed by atoms with van der Waals surface area (Å²) in [7, 11) is 0. The molecule has 1 unspecified atom stereocenters. The highest BCUT2D eigenvalue weighted by atomic mass is 32.2. The molecule has 1 amide bonds. The summed E-state index contributed by atoms with van der Waals surface area (Å²) in [5, 5.41) is 12.0. The number of aliphatic carboxylic acids is 1. The molecule has 1 atom stereocenters. The largest absolute Gasteiger partial charge is 0.480 e. The van der Waals surface area contributed by atoms with Crippen molar-refractivity contribution in [2.45, 2.75) is 77.2 Å². The van der Waals surface area contributed by atoms with Crippen molar-refractivity contribution in [2.24, 2.45) is 0 Å². The number of thioether (sulfide) groups is 1. The summed E-state index contributed by atoms with van der Waals surface area (Å²) in [6.07, 6.45) is 10.2. The van der Waals surface area contributed by atoms with Crippen molar-refractivity contribution in [1.29, 1.82) is 0 Å². The van der Waals surface area contributed by atoms with E-state index in [1.54, 1.807) is 0 Å². The van der Waals surface area contributed by atoms with E-state index in [0.717, 1.165) is 24.8 Å². The summed E-state index contributed by atoms with van der Waals surface area (Å²) < 4.78 is 0. The van der Waals surface area contributed by atoms with Gasteiger partial charge in [0.15, 0.2) is 0 Å². The van der Waals surface area contributed by atoms with Crippen molar-refractivity contribution in [3.63, 3.8) is 0 Å². The van der Waals surface area contributed by atoms with Crippen molar-refractivity contribution in [1.82, 2.24) is 5.32 Å². The molecule has 2 N–H and O–H groups in total. The third-order valence-electron chi connectivity index (χ3n) is 4.56. The lowest BCUT2D eigenvalue weighted by atomic mass is 10.0. The summed E-state index contributed by atoms with van der Waals surface area (Å²) in [6.45, 7) is 2.20. The highest BCUT2D eigenvalue weighted by Gasteiger charge is 2.19. The normalized spacial score (nSPS) is 11.9. The maximum absolute atomic E-state index is 12.0. The molecule has 5 heteroatoms. The Morgan fingerprint density at radius 1 is 0.963 bits per heavy atom. The van der Waals surface area contributed by atoms with E-state index in [2.05, 4.69) is 12.2 Å². The second-order valence-electron chi connectivity index (χ2n) is 6.92. The van der Waals surface area contributed by atoms with Crippen LogP contribution < -0.4 is 5.32 Å². The molecule has 0 spiro atoms. The van der Waals surface area contributed by atoms with Crippen molar-refractivity contribution in [3.05, 3.63) is 35.9 Å². The molecular formula is C22H35NO3S. The van der Waals surface area contributed by atoms with E-state index in [4.69, 9.17) is 0 Å². The lowest BCUT2D eigenvalue weighted by Gasteiger charge is -2.14. The standard InChI is InChI=1S/C22H35NO3S/c1-2-27-17-13-8-6-4-3-5-7-12-16-21(24)23-20(22(25)26)18-19-14-10-9-11-15-19/h9-11,14-15,20H,2-8,12-13,16-18H2,1H3,(H,23,24)(H,25,26). The van der Waals surface area contributed by atoms with Gasteiger partial charge < -0.3 is 10.4 Å². The molecule has 1 aromatic carbocycles. The van der Waals surface area contributed by atoms with Gasteiger partial charge in [-0.05, 0) is 29.9 Å². The van der Waals surface area contributed by atoms with Crippen molar-refractivity contribution in [2.75, 3.05) is 11.5 Å². The van der Waals surface area contributed by atoms with Crippen LogP contribution in [-0.4, -0.2) is 34.5 Å². The van der Waals surface area contributed by atoms with Gasteiger partial charge in [-0.25, -0.2) is 4.79 Å². The van der Waals surface area contributed by atoms with Gasteiger partial charge in [0.05, 0.1) is 0 Å². The Morgan fingerprint density at radius 3 is 2.15 bits per heavy atom. The Balaban J connectivity index is 2.07. The molecule has 0 radical (unpaired) electrons. The molecule has 0 aromatic heterocycles. The molecule has 0 heterocycles. The number of nitrogens with one attached hydrogen (secondary N) is 1. The molecule has 1 rings (SSSR count). The van der Waals surface area contributed by atoms with Crippen LogP contribution in [0.25, 0.3) is 0 Å². The van der Waals surface area contributed by atoms with Crippen LogP contribution in [0, 0.1) is 0 Å². The Kier molecular flexibility index (Phi) is 13.6. The van der Waals surface area contributed by atoms with Crippen LogP contribution in [0.15, 0.2) is 30.3 Å². The number of carboxylic acid groups (broad SMARTS) is 1. The quantitative estimate of drug-likeness (QED) is 0.385. The fraction of sp³-hybridized carbons (Fsp3) is 0.636. The van der Waals surface area contributed by atoms with Crippen LogP contribution in [-0.2, 0) is 16.0 Å². The number of hydrogen-bond donors (Lipinski definition) is 2. The predicted octanol–water partition coefficient (Wildman–Crippen LogP) is 5.06. The zero-order chi connectivity index (χ0) is 19.7. The number of unbranched alkanes of at least 4 members (excludes halogenated alkanes) is 7. The van der Waals surface area contributed by atoms with Gasteiger partial charge in [-0.3, -0.25) is 4.79 Å². The molecule has 27 heavy (non-hydrogen) atoms. The first-order chi connectivity index (χ1) is 13.1. The summed E-state index contributed by atoms with van der Waals surface area (Å²) in [5.41, 5.74) is 0.915. The minimum Gasteiger partial charge on any atom is -0.480 e. The Bertz CT molecular complexity index is 522. The SMILES string of the molecule is CCSCCCCCCCCCCC(=O)NC(Cc1ccccc1)C(=O)O. The number of carboxylic acids is 1. The van der Waals surface area contributed by atoms with Gasteiger partial charge in [0, 0.05) is 12.8 Å². The van der Waals surface area contributed by atoms with Crippen LogP contribution in [0.2, 0.25) is 0 Å². The Hall–Kier alpha value is -1.49. The van der Waals surface area contributed by atoms with Crippen LogP contribution in [0.4, 0.5) is 0 Å². The van der Waals surface area contributed by atoms with E-state index in [1.165, 1.54) is 43.6 Å². The van der Waals surface area contributed by atoms with Gasteiger partial charge in [-0.15, -0.1) is 0 Å². The van der Waals surface area contributed by atoms with E-state index >= 15 is 0 Å². The molecule has 0 saturated heterocycles. The second-order valence-corrected chi connectivity index (χ2v) is 8.32. The first-order valence-electron chi connectivity index (χ1n) is 10.3. The van der Waals surface area contributed by atoms with Gasteiger partial charge in [0.2, 0.25) is 5.91 Å². The number of hydrogen-bond acceptors (Lipinski definition) is 3. The number of rotatable bonds is 16. The Morgan fingerprint density at radius 2 is 1.56 bits per heavy atom. The Labute approximate surface area is 168 Å². The third kappa shape index (κ3) is 12.5. The lowest BCUT2D eigenvalue weighted by molar-refractivity contribution is -0.141. The van der Waals surface area contributed by atoms with Gasteiger partial charge in [-0.2, -0.15) is 11.8 Å². The first kappa shape index (κ1) is 23.5. The second kappa shape index (κ2) is 15.6. The van der Waals surface area contributed by atoms with Crippen molar-refractivity contribution >= 4 is 23.6 Å². The fourth-order valence-corrected chi connectivity index (χ4v) is 3.71. The minimum atomic E-state index is -0.982. The van der Waals surface area contributed by atoms with Gasteiger partial charge in [-0.1, -0.05) is 75.8 Å². The average molecular weight is 394 g/mol. The summed E-state index contributed by atoms with van der Waals surface area (Å²) in [6, 6.07) is 8.55. The topological polar surface area (TPSA) is 66.4 Å². The summed E-state index contributed by atoms with van der Waals surface area (Å²) in [4.78, 5) is 23.4. The van der Waals surface area contributed by atoms with E-state index in [9.17, 15) is 14.7 Å². The molecule has 0 aliphatic carbocycles. The fourth-order valence-electron chi connectivity index (χ4n) is 3.01. The number of benzene rings is 1. The van der Waals surface area contributed by atoms with Crippen LogP contribution in [0.3, 0.4) is 0 Å². The number of carbonyl (C=O) groups excluding carboxylic acids is 1. The van der Waals surface area contributed by atoms with Gasteiger partial charge in [0.25, 0.3) is 0 Å². The van der Waals surface area contributed by atoms with E-state index in [1.807, 2.05) is 42.1 Å². The maximum Gasteiger partial charge on any atom is 0.326 e. The zero-order valence-corrected chi connectivity index (χ0v) is 17.4. The summed E-state index contributed by atoms with van der Waals surface area (Å²) in [5.74, 6) is 1.36. The maximum atomic E-state index is 12.0. The smallest absolute Gasteiger partial charge is 0.326 e. The molecule has 0 aliphatic rings. The molecule has 0 bridgehead atoms. The third-order valence-corrected chi connectivity index (χ3v) is 5.55. The van der Waals surface area contributed by atoms with Gasteiger partial charge >= 0.3 is 5.97 Å². The van der Waals surface area contributed by atoms with Crippen LogP contribution in [0.5, 0.6) is 0 Å². The van der Waals surface area contributed by atoms with Crippen molar-refractivity contribution < 1.29 is 14.7 Å². The van der Waals surface area contributed by atoms with E-state index < -0.39 is 12.0 Å². The zero-order valence-electron chi connectivity index (χ0n) is 16.6. The highest BCUT2D eigenvalue weighted by Crippen LogP contribution is 2.12. The molecule has 0 saturated carbocycles. The van der Waals surface area contributed by atoms with E-state index in [0.29, 0.717) is 12.8 Å². The highest BCUT2D eigenvalue weighted by molar-refractivity contribution is 7.99. The monoisotopic (exact) mass is 393 g/mol. The van der Waals surface area contributed by atoms with Crippen molar-refractivity contribution in [3.8, 4) is 0 Å². The molecular weight excluding hydrogens is 358 g/mol. The predicted molar refractivity (Wildman–Crippen MR) is 114 cm³/mol. The molecule has 152 valence electrons. The lowest BCUT2D eigenvalue weighted by Crippen LogP contribution is -2.42. The summed E-state index contributed by atoms with van der Waals surface area (Å²) >= 11 is 2.02. The number of carbonyl (C=O) groups is 2. The first-order valence-corrected chi connectivity index (χ1v) is 11.4. The average Bonchev–Trinajstić information content (AvgIpc) is 2.66. The van der Waals surface area contributed by atoms with Crippen LogP contribution >= 0.6 is 11.8 Å². The molecule has 0 aliphatic heterocycles. The van der Waals surface area contributed by atoms with Crippen LogP contribution in [0.1, 0.15) is 70.3 Å². The van der Waals surface area contributed by atoms with Gasteiger partial charge in [0.1, 0.15) is 6.04 Å². The number of amides is 1. The molecule has 0 fully saturated rings. The molecule has 1 aromatic rings. The minimum absolute atomic E-state index is 0.160. The van der Waals surface area contributed by atoms with E-state index in [-0.39, 0.29) is 5.91 Å². The molecule has 4 nitrogen and oxygen atoms in total.